The van der Waals surface area contributed by atoms with Gasteiger partial charge >= 0.3 is 0 Å². The van der Waals surface area contributed by atoms with Crippen LogP contribution in [0.2, 0.25) is 0 Å². The van der Waals surface area contributed by atoms with Gasteiger partial charge in [0.15, 0.2) is 17.3 Å². The van der Waals surface area contributed by atoms with Crippen LogP contribution in [0.25, 0.3) is 0 Å². The number of nitrogens with zero attached hydrogens (tertiary/aromatic N) is 1. The monoisotopic (exact) mass is 736 g/mol. The molecule has 0 amide bonds. The van der Waals surface area contributed by atoms with Crippen LogP contribution in [0.3, 0.4) is 0 Å². The van der Waals surface area contributed by atoms with Gasteiger partial charge in [-0.1, -0.05) is 87.6 Å². The first kappa shape index (κ1) is 42.0. The normalized spacial score (nSPS) is 15.2. The molecule has 3 aromatic carbocycles. The molecule has 3 atom stereocenters. The van der Waals surface area contributed by atoms with Gasteiger partial charge in [0.25, 0.3) is 0 Å². The van der Waals surface area contributed by atoms with E-state index in [1.165, 1.54) is 25.5 Å². The van der Waals surface area contributed by atoms with Gasteiger partial charge < -0.3 is 36.6 Å². The number of aromatic hydroxyl groups is 2. The Morgan fingerprint density at radius 1 is 0.926 bits per heavy atom. The highest BCUT2D eigenvalue weighted by atomic mass is 16.5. The van der Waals surface area contributed by atoms with Crippen molar-refractivity contribution in [1.29, 1.82) is 0 Å². The average Bonchev–Trinajstić information content (AvgIpc) is 3.70. The van der Waals surface area contributed by atoms with Gasteiger partial charge in [-0.2, -0.15) is 0 Å². The van der Waals surface area contributed by atoms with Crippen molar-refractivity contribution in [1.82, 2.24) is 0 Å². The summed E-state index contributed by atoms with van der Waals surface area (Å²) < 4.78 is 6.01. The molecule has 0 saturated carbocycles. The van der Waals surface area contributed by atoms with Crippen LogP contribution in [0.15, 0.2) is 101 Å². The number of rotatable bonds is 23. The number of phenolic OH excluding ortho intramolecular Hbond substituents is 2. The molecule has 0 aliphatic carbocycles. The fraction of sp³-hybridized carbons (Fsp3) is 0.422. The number of carbonyl (C=O) groups excluding carboxylic acids is 1. The molecule has 1 aliphatic heterocycles. The van der Waals surface area contributed by atoms with Crippen LogP contribution in [0, 0.1) is 5.92 Å². The second kappa shape index (κ2) is 21.9. The molecule has 4 rings (SSSR count). The third-order valence-electron chi connectivity index (χ3n) is 9.97. The number of aliphatic hydroxyl groups is 1. The maximum atomic E-state index is 13.2. The Morgan fingerprint density at radius 2 is 1.63 bits per heavy atom. The minimum Gasteiger partial charge on any atom is -0.875 e. The Balaban J connectivity index is 1.33. The van der Waals surface area contributed by atoms with Crippen molar-refractivity contribution in [3.8, 4) is 17.2 Å². The predicted octanol–water partition coefficient (Wildman–Crippen LogP) is 7.57. The van der Waals surface area contributed by atoms with Gasteiger partial charge in [-0.15, -0.1) is 5.76 Å². The molecule has 3 aromatic rings. The molecule has 0 unspecified atom stereocenters. The highest BCUT2D eigenvalue weighted by Gasteiger charge is 2.20. The van der Waals surface area contributed by atoms with E-state index in [1.54, 1.807) is 42.6 Å². The van der Waals surface area contributed by atoms with E-state index in [-0.39, 0.29) is 42.2 Å². The van der Waals surface area contributed by atoms with Crippen molar-refractivity contribution in [2.75, 3.05) is 6.61 Å². The number of benzene rings is 3. The van der Waals surface area contributed by atoms with E-state index in [0.29, 0.717) is 42.1 Å². The van der Waals surface area contributed by atoms with E-state index in [9.17, 15) is 25.2 Å². The number of allylic oxidation sites excluding steroid dienone is 5. The SMILES string of the molecule is CCCCC[C@H](CCC/C=C/C(=O)CCc1ccc(O)c(OCCc2ccc(O)c([C@H](CC([O-])=C3C=CN=C3)c3ccc(C(N)N)cc3)c2)c1)C[C@H](C)O. The van der Waals surface area contributed by atoms with Gasteiger partial charge in [0.05, 0.1) is 18.9 Å². The summed E-state index contributed by atoms with van der Waals surface area (Å²) >= 11 is 0. The van der Waals surface area contributed by atoms with Crippen LogP contribution in [0.4, 0.5) is 0 Å². The highest BCUT2D eigenvalue weighted by molar-refractivity contribution is 5.89. The number of hydrogen-bond acceptors (Lipinski definition) is 9. The number of ether oxygens (including phenoxy) is 1. The molecular weight excluding hydrogens is 679 g/mol. The van der Waals surface area contributed by atoms with Crippen molar-refractivity contribution < 1.29 is 30.0 Å². The molecule has 54 heavy (non-hydrogen) atoms. The van der Waals surface area contributed by atoms with Crippen molar-refractivity contribution in [3.05, 3.63) is 124 Å². The summed E-state index contributed by atoms with van der Waals surface area (Å²) in [6.45, 7) is 4.32. The zero-order valence-electron chi connectivity index (χ0n) is 31.8. The van der Waals surface area contributed by atoms with Crippen molar-refractivity contribution >= 4 is 12.0 Å². The smallest absolute Gasteiger partial charge is 0.161 e. The largest absolute Gasteiger partial charge is 0.875 e. The first-order valence-electron chi connectivity index (χ1n) is 19.4. The zero-order valence-corrected chi connectivity index (χ0v) is 31.8. The number of aryl methyl sites for hydroxylation is 1. The van der Waals surface area contributed by atoms with E-state index < -0.39 is 12.1 Å². The molecule has 0 bridgehead atoms. The third kappa shape index (κ3) is 13.6. The maximum absolute atomic E-state index is 13.2. The van der Waals surface area contributed by atoms with Crippen LogP contribution in [0.1, 0.15) is 118 Å². The molecule has 0 saturated heterocycles. The molecule has 0 spiro atoms. The molecule has 1 heterocycles. The number of hydrogen-bond donors (Lipinski definition) is 5. The summed E-state index contributed by atoms with van der Waals surface area (Å²) in [5.41, 5.74) is 16.2. The molecule has 290 valence electrons. The highest BCUT2D eigenvalue weighted by Crippen LogP contribution is 2.37. The Bertz CT molecular complexity index is 1750. The number of nitrogens with two attached hydrogens (primary N) is 2. The number of aliphatic imine (C=N–C) groups is 1. The summed E-state index contributed by atoms with van der Waals surface area (Å²) in [7, 11) is 0. The predicted molar refractivity (Wildman–Crippen MR) is 214 cm³/mol. The minimum atomic E-state index is -0.627. The fourth-order valence-electron chi connectivity index (χ4n) is 6.90. The topological polar surface area (TPSA) is 174 Å². The fourth-order valence-corrected chi connectivity index (χ4v) is 6.90. The van der Waals surface area contributed by atoms with Crippen molar-refractivity contribution in [2.24, 2.45) is 22.4 Å². The van der Waals surface area contributed by atoms with Crippen LogP contribution in [0.5, 0.6) is 17.2 Å². The summed E-state index contributed by atoms with van der Waals surface area (Å²) in [6.07, 6.45) is 17.5. The van der Waals surface area contributed by atoms with Gasteiger partial charge in [0, 0.05) is 36.7 Å². The maximum Gasteiger partial charge on any atom is 0.161 e. The van der Waals surface area contributed by atoms with E-state index in [4.69, 9.17) is 16.2 Å². The lowest BCUT2D eigenvalue weighted by molar-refractivity contribution is -0.307. The lowest BCUT2D eigenvalue weighted by Gasteiger charge is -2.25. The molecule has 7 N–H and O–H groups in total. The lowest BCUT2D eigenvalue weighted by Crippen LogP contribution is -2.20. The van der Waals surface area contributed by atoms with Gasteiger partial charge in [-0.25, -0.2) is 0 Å². The molecular formula is C45H58N3O6-. The van der Waals surface area contributed by atoms with Crippen LogP contribution < -0.4 is 21.3 Å². The number of carbonyl (C=O) groups is 1. The second-order valence-corrected chi connectivity index (χ2v) is 14.5. The Hall–Kier alpha value is -4.70. The van der Waals surface area contributed by atoms with Crippen molar-refractivity contribution in [2.45, 2.75) is 109 Å². The molecule has 1 aliphatic rings. The first-order valence-corrected chi connectivity index (χ1v) is 19.4. The number of aliphatic hydroxyl groups excluding tert-OH is 1. The number of unbranched alkanes of at least 4 members (excludes halogenated alkanes) is 3. The van der Waals surface area contributed by atoms with Crippen molar-refractivity contribution in [3.63, 3.8) is 0 Å². The summed E-state index contributed by atoms with van der Waals surface area (Å²) in [6, 6.07) is 17.9. The van der Waals surface area contributed by atoms with Crippen LogP contribution in [-0.4, -0.2) is 40.0 Å². The third-order valence-corrected chi connectivity index (χ3v) is 9.97. The standard InChI is InChI=1S/C45H59N3O6/c1-3-4-6-9-32(26-31(2)49)10-7-5-8-11-38(50)19-12-33-14-21-42(52)44(28-33)54-25-23-34-13-20-41(51)40(27-34)39(29-43(53)37-22-24-48-30-37)35-15-17-36(18-16-35)45(46)47/h8,11,13-18,20-22,24,27-28,30-32,39,45,49,51-53H,3-7,9-10,12,19,23,25-26,29,46-47H2,1-2H3/p-1/b11-8+,43-37?/t31-,32+,39+/m0/s1. The van der Waals surface area contributed by atoms with Gasteiger partial charge in [0.2, 0.25) is 0 Å². The zero-order chi connectivity index (χ0) is 38.9. The Labute approximate surface area is 320 Å². The van der Waals surface area contributed by atoms with E-state index in [0.717, 1.165) is 54.4 Å². The first-order chi connectivity index (χ1) is 26.0. The number of ketones is 1. The lowest BCUT2D eigenvalue weighted by atomic mass is 9.85. The minimum absolute atomic E-state index is 0.0150. The van der Waals surface area contributed by atoms with E-state index in [1.807, 2.05) is 49.4 Å². The quantitative estimate of drug-likeness (QED) is 0.0287. The number of phenols is 2. The van der Waals surface area contributed by atoms with Gasteiger partial charge in [-0.3, -0.25) is 9.79 Å². The van der Waals surface area contributed by atoms with E-state index >= 15 is 0 Å². The molecule has 9 heteroatoms. The summed E-state index contributed by atoms with van der Waals surface area (Å²) in [5.74, 6) is 0.480. The second-order valence-electron chi connectivity index (χ2n) is 14.5. The molecule has 0 aromatic heterocycles. The molecule has 0 fully saturated rings. The van der Waals surface area contributed by atoms with Gasteiger partial charge in [0.1, 0.15) is 5.75 Å². The average molecular weight is 737 g/mol. The summed E-state index contributed by atoms with van der Waals surface area (Å²) in [4.78, 5) is 16.6. The summed E-state index contributed by atoms with van der Waals surface area (Å²) in [5, 5.41) is 44.6. The molecule has 0 radical (unpaired) electrons. The Kier molecular flexibility index (Phi) is 17.0. The van der Waals surface area contributed by atoms with Crippen LogP contribution >= 0.6 is 0 Å². The molecule has 9 nitrogen and oxygen atoms in total. The van der Waals surface area contributed by atoms with Crippen LogP contribution in [-0.2, 0) is 17.6 Å². The Morgan fingerprint density at radius 3 is 2.31 bits per heavy atom. The van der Waals surface area contributed by atoms with E-state index in [2.05, 4.69) is 11.9 Å². The van der Waals surface area contributed by atoms with Gasteiger partial charge in [-0.05, 0) is 103 Å².